The highest BCUT2D eigenvalue weighted by Crippen LogP contribution is 2.14. The predicted molar refractivity (Wildman–Crippen MR) is 92.9 cm³/mol. The maximum Gasteiger partial charge on any atom is 0.321 e. The number of rotatable bonds is 3. The van der Waals surface area contributed by atoms with E-state index < -0.39 is 0 Å². The van der Waals surface area contributed by atoms with Crippen molar-refractivity contribution in [1.82, 2.24) is 14.8 Å². The van der Waals surface area contributed by atoms with E-state index in [0.717, 1.165) is 18.5 Å². The summed E-state index contributed by atoms with van der Waals surface area (Å²) in [6.45, 7) is 1.27. The van der Waals surface area contributed by atoms with Crippen LogP contribution in [-0.4, -0.2) is 40.5 Å². The molecular formula is C18H22N4O2. The van der Waals surface area contributed by atoms with Gasteiger partial charge in [0.15, 0.2) is 0 Å². The lowest BCUT2D eigenvalue weighted by Gasteiger charge is -2.32. The molecule has 0 aliphatic carbocycles. The van der Waals surface area contributed by atoms with E-state index in [1.807, 2.05) is 49.6 Å². The van der Waals surface area contributed by atoms with Gasteiger partial charge in [0.1, 0.15) is 5.69 Å². The van der Waals surface area contributed by atoms with Crippen molar-refractivity contribution in [1.29, 1.82) is 0 Å². The van der Waals surface area contributed by atoms with E-state index >= 15 is 0 Å². The number of hydrogen-bond donors (Lipinski definition) is 2. The molecule has 1 fully saturated rings. The normalized spacial score (nSPS) is 15.1. The molecule has 2 N–H and O–H groups in total. The maximum absolute atomic E-state index is 12.3. The lowest BCUT2D eigenvalue weighted by atomic mass is 10.1. The SMILES string of the molecule is Cn1cccc1C(=O)NC1CCN(C(=O)Nc2ccccc2)CC1. The molecule has 1 saturated heterocycles. The third-order valence-corrected chi connectivity index (χ3v) is 4.32. The highest BCUT2D eigenvalue weighted by molar-refractivity contribution is 5.93. The van der Waals surface area contributed by atoms with E-state index in [1.165, 1.54) is 0 Å². The van der Waals surface area contributed by atoms with E-state index in [9.17, 15) is 9.59 Å². The molecule has 2 heterocycles. The van der Waals surface area contributed by atoms with E-state index in [4.69, 9.17) is 0 Å². The van der Waals surface area contributed by atoms with Gasteiger partial charge in [-0.3, -0.25) is 4.79 Å². The number of benzene rings is 1. The summed E-state index contributed by atoms with van der Waals surface area (Å²) in [5, 5.41) is 5.95. The van der Waals surface area contributed by atoms with Crippen LogP contribution in [-0.2, 0) is 7.05 Å². The Balaban J connectivity index is 1.48. The number of aromatic nitrogens is 1. The van der Waals surface area contributed by atoms with E-state index in [1.54, 1.807) is 15.5 Å². The second-order valence-corrected chi connectivity index (χ2v) is 6.04. The summed E-state index contributed by atoms with van der Waals surface area (Å²) < 4.78 is 1.80. The fourth-order valence-corrected chi connectivity index (χ4v) is 2.91. The summed E-state index contributed by atoms with van der Waals surface area (Å²) in [5.74, 6) is -0.0605. The van der Waals surface area contributed by atoms with Gasteiger partial charge >= 0.3 is 6.03 Å². The van der Waals surface area contributed by atoms with Crippen molar-refractivity contribution in [3.05, 3.63) is 54.4 Å². The largest absolute Gasteiger partial charge is 0.348 e. The Bertz CT molecular complexity index is 703. The van der Waals surface area contributed by atoms with Crippen LogP contribution in [0, 0.1) is 0 Å². The first-order valence-corrected chi connectivity index (χ1v) is 8.16. The molecule has 126 valence electrons. The van der Waals surface area contributed by atoms with Gasteiger partial charge in [0.05, 0.1) is 0 Å². The smallest absolute Gasteiger partial charge is 0.321 e. The summed E-state index contributed by atoms with van der Waals surface area (Å²) in [6, 6.07) is 13.1. The number of nitrogens with one attached hydrogen (secondary N) is 2. The highest BCUT2D eigenvalue weighted by Gasteiger charge is 2.24. The number of likely N-dealkylation sites (tertiary alicyclic amines) is 1. The molecule has 1 aromatic carbocycles. The molecule has 1 aliphatic rings. The molecule has 1 aromatic heterocycles. The summed E-state index contributed by atoms with van der Waals surface area (Å²) in [4.78, 5) is 26.3. The first-order chi connectivity index (χ1) is 11.6. The molecular weight excluding hydrogens is 304 g/mol. The fraction of sp³-hybridized carbons (Fsp3) is 0.333. The monoisotopic (exact) mass is 326 g/mol. The lowest BCUT2D eigenvalue weighted by Crippen LogP contribution is -2.47. The summed E-state index contributed by atoms with van der Waals surface area (Å²) in [5.41, 5.74) is 1.45. The lowest BCUT2D eigenvalue weighted by molar-refractivity contribution is 0.0911. The van der Waals surface area contributed by atoms with Gasteiger partial charge in [-0.05, 0) is 37.1 Å². The first-order valence-electron chi connectivity index (χ1n) is 8.16. The Hall–Kier alpha value is -2.76. The molecule has 0 bridgehead atoms. The van der Waals surface area contributed by atoms with Crippen LogP contribution in [0.5, 0.6) is 0 Å². The van der Waals surface area contributed by atoms with Gasteiger partial charge in [0.25, 0.3) is 5.91 Å². The van der Waals surface area contributed by atoms with E-state index in [2.05, 4.69) is 10.6 Å². The second kappa shape index (κ2) is 7.21. The molecule has 1 aliphatic heterocycles. The van der Waals surface area contributed by atoms with Gasteiger partial charge in [0.2, 0.25) is 0 Å². The quantitative estimate of drug-likeness (QED) is 0.910. The minimum absolute atomic E-state index is 0.0605. The van der Waals surface area contributed by atoms with Crippen LogP contribution in [0.15, 0.2) is 48.7 Å². The van der Waals surface area contributed by atoms with Crippen LogP contribution >= 0.6 is 0 Å². The topological polar surface area (TPSA) is 66.4 Å². The zero-order chi connectivity index (χ0) is 16.9. The number of nitrogens with zero attached hydrogens (tertiary/aromatic N) is 2. The summed E-state index contributed by atoms with van der Waals surface area (Å²) in [6.07, 6.45) is 3.38. The summed E-state index contributed by atoms with van der Waals surface area (Å²) in [7, 11) is 1.85. The number of amides is 3. The van der Waals surface area contributed by atoms with Crippen molar-refractivity contribution in [3.63, 3.8) is 0 Å². The van der Waals surface area contributed by atoms with Crippen molar-refractivity contribution in [2.75, 3.05) is 18.4 Å². The third-order valence-electron chi connectivity index (χ3n) is 4.32. The molecule has 24 heavy (non-hydrogen) atoms. The third kappa shape index (κ3) is 3.76. The molecule has 0 radical (unpaired) electrons. The maximum atomic E-state index is 12.3. The standard InChI is InChI=1S/C18H22N4O2/c1-21-11-5-8-16(21)17(23)19-15-9-12-22(13-10-15)18(24)20-14-6-3-2-4-7-14/h2-8,11,15H,9-10,12-13H2,1H3,(H,19,23)(H,20,24). The highest BCUT2D eigenvalue weighted by atomic mass is 16.2. The number of para-hydroxylation sites is 1. The molecule has 3 amide bonds. The van der Waals surface area contributed by atoms with Crippen LogP contribution in [0.2, 0.25) is 0 Å². The van der Waals surface area contributed by atoms with Crippen molar-refractivity contribution in [3.8, 4) is 0 Å². The second-order valence-electron chi connectivity index (χ2n) is 6.04. The minimum Gasteiger partial charge on any atom is -0.348 e. The number of anilines is 1. The molecule has 6 nitrogen and oxygen atoms in total. The first kappa shape index (κ1) is 16.1. The van der Waals surface area contributed by atoms with Gasteiger partial charge in [-0.2, -0.15) is 0 Å². The van der Waals surface area contributed by atoms with Gasteiger partial charge in [-0.1, -0.05) is 18.2 Å². The zero-order valence-corrected chi connectivity index (χ0v) is 13.7. The molecule has 2 aromatic rings. The number of carbonyl (C=O) groups is 2. The van der Waals surface area contributed by atoms with Crippen LogP contribution in [0.25, 0.3) is 0 Å². The Morgan fingerprint density at radius 1 is 1.04 bits per heavy atom. The van der Waals surface area contributed by atoms with Crippen LogP contribution in [0.4, 0.5) is 10.5 Å². The number of piperidine rings is 1. The Morgan fingerprint density at radius 2 is 1.75 bits per heavy atom. The number of aryl methyl sites for hydroxylation is 1. The van der Waals surface area contributed by atoms with Gasteiger partial charge in [-0.15, -0.1) is 0 Å². The molecule has 0 saturated carbocycles. The Morgan fingerprint density at radius 3 is 2.38 bits per heavy atom. The number of carbonyl (C=O) groups excluding carboxylic acids is 2. The number of urea groups is 1. The van der Waals surface area contributed by atoms with Crippen molar-refractivity contribution >= 4 is 17.6 Å². The number of hydrogen-bond acceptors (Lipinski definition) is 2. The average molecular weight is 326 g/mol. The predicted octanol–water partition coefficient (Wildman–Crippen LogP) is 2.45. The molecule has 0 spiro atoms. The van der Waals surface area contributed by atoms with Crippen LogP contribution < -0.4 is 10.6 Å². The zero-order valence-electron chi connectivity index (χ0n) is 13.7. The van der Waals surface area contributed by atoms with E-state index in [0.29, 0.717) is 18.8 Å². The van der Waals surface area contributed by atoms with Crippen molar-refractivity contribution < 1.29 is 9.59 Å². The van der Waals surface area contributed by atoms with Crippen molar-refractivity contribution in [2.24, 2.45) is 7.05 Å². The van der Waals surface area contributed by atoms with Crippen molar-refractivity contribution in [2.45, 2.75) is 18.9 Å². The Kier molecular flexibility index (Phi) is 4.84. The average Bonchev–Trinajstić information content (AvgIpc) is 3.02. The van der Waals surface area contributed by atoms with Gasteiger partial charge in [-0.25, -0.2) is 4.79 Å². The van der Waals surface area contributed by atoms with Gasteiger partial charge in [0, 0.05) is 38.1 Å². The minimum atomic E-state index is -0.0894. The molecule has 0 atom stereocenters. The van der Waals surface area contributed by atoms with Crippen LogP contribution in [0.1, 0.15) is 23.3 Å². The van der Waals surface area contributed by atoms with E-state index in [-0.39, 0.29) is 18.0 Å². The molecule has 0 unspecified atom stereocenters. The molecule has 6 heteroatoms. The molecule has 3 rings (SSSR count). The van der Waals surface area contributed by atoms with Gasteiger partial charge < -0.3 is 20.1 Å². The van der Waals surface area contributed by atoms with Crippen LogP contribution in [0.3, 0.4) is 0 Å². The summed E-state index contributed by atoms with van der Waals surface area (Å²) >= 11 is 0. The Labute approximate surface area is 141 Å². The fourth-order valence-electron chi connectivity index (χ4n) is 2.91.